The number of aliphatic hydroxyl groups is 1. The van der Waals surface area contributed by atoms with E-state index in [9.17, 15) is 19.4 Å². The number of likely N-dealkylation sites (N-methyl/N-ethyl adjacent to an activating group) is 1. The van der Waals surface area contributed by atoms with Gasteiger partial charge in [-0.1, -0.05) is 416 Å². The lowest BCUT2D eigenvalue weighted by molar-refractivity contribution is -0.870. The zero-order valence-corrected chi connectivity index (χ0v) is 63.7. The summed E-state index contributed by atoms with van der Waals surface area (Å²) < 4.78 is 23.6. The van der Waals surface area contributed by atoms with Crippen LogP contribution in [0.4, 0.5) is 0 Å². The van der Waals surface area contributed by atoms with E-state index < -0.39 is 20.0 Å². The van der Waals surface area contributed by atoms with Crippen molar-refractivity contribution in [3.8, 4) is 0 Å². The van der Waals surface area contributed by atoms with E-state index in [1.807, 2.05) is 21.1 Å². The molecule has 0 heterocycles. The van der Waals surface area contributed by atoms with Gasteiger partial charge in [-0.3, -0.25) is 9.36 Å². The summed E-state index contributed by atoms with van der Waals surface area (Å²) in [4.78, 5) is 25.8. The summed E-state index contributed by atoms with van der Waals surface area (Å²) in [6.07, 6.45) is 99.9. The predicted octanol–water partition coefficient (Wildman–Crippen LogP) is 26.5. The van der Waals surface area contributed by atoms with Crippen LogP contribution in [0.15, 0.2) is 36.5 Å². The summed E-state index contributed by atoms with van der Waals surface area (Å²) in [5, 5.41) is 14.2. The number of nitrogens with zero attached hydrogens (tertiary/aromatic N) is 1. The highest BCUT2D eigenvalue weighted by atomic mass is 31.2. The van der Waals surface area contributed by atoms with E-state index in [4.69, 9.17) is 9.05 Å². The number of phosphoric ester groups is 1. The van der Waals surface area contributed by atoms with E-state index in [0.29, 0.717) is 23.9 Å². The Kier molecular flexibility index (Phi) is 72.9. The zero-order valence-electron chi connectivity index (χ0n) is 62.8. The molecule has 3 atom stereocenters. The Bertz CT molecular complexity index is 1600. The van der Waals surface area contributed by atoms with E-state index in [1.165, 1.54) is 360 Å². The highest BCUT2D eigenvalue weighted by Crippen LogP contribution is 2.38. The largest absolute Gasteiger partial charge is 0.756 e. The molecule has 9 heteroatoms. The van der Waals surface area contributed by atoms with E-state index >= 15 is 0 Å². The number of nitrogens with one attached hydrogen (secondary N) is 1. The number of aliphatic hydroxyl groups excluding tert-OH is 1. The maximum Gasteiger partial charge on any atom is 0.268 e. The number of rotatable bonds is 78. The molecule has 0 rings (SSSR count). The second-order valence-corrected chi connectivity index (χ2v) is 31.3. The molecule has 0 aromatic carbocycles. The normalized spacial score (nSPS) is 13.6. The van der Waals surface area contributed by atoms with E-state index in [0.717, 1.165) is 51.4 Å². The van der Waals surface area contributed by atoms with Gasteiger partial charge in [0.25, 0.3) is 7.82 Å². The molecule has 0 saturated carbocycles. The second kappa shape index (κ2) is 74.0. The maximum atomic E-state index is 13.1. The number of amides is 1. The van der Waals surface area contributed by atoms with Crippen molar-refractivity contribution in [2.24, 2.45) is 0 Å². The molecular weight excluding hydrogens is 1150 g/mol. The summed E-state index contributed by atoms with van der Waals surface area (Å²) >= 11 is 0. The third-order valence-corrected chi connectivity index (χ3v) is 20.3. The van der Waals surface area contributed by atoms with Crippen LogP contribution in [0.3, 0.4) is 0 Å². The highest BCUT2D eigenvalue weighted by molar-refractivity contribution is 7.45. The van der Waals surface area contributed by atoms with Gasteiger partial charge in [0.1, 0.15) is 13.2 Å². The van der Waals surface area contributed by atoms with Crippen molar-refractivity contribution in [1.29, 1.82) is 0 Å². The van der Waals surface area contributed by atoms with Gasteiger partial charge in [0.2, 0.25) is 5.91 Å². The molecular formula is C83H163N2O6P. The number of allylic oxidation sites excluding steroid dienone is 6. The van der Waals surface area contributed by atoms with Gasteiger partial charge >= 0.3 is 0 Å². The number of hydrogen-bond acceptors (Lipinski definition) is 6. The van der Waals surface area contributed by atoms with Gasteiger partial charge in [0, 0.05) is 6.42 Å². The number of hydrogen-bond donors (Lipinski definition) is 2. The number of phosphoric acid groups is 1. The standard InChI is InChI=1S/C83H163N2O6P/c1-6-8-10-12-14-16-18-20-22-24-26-28-30-32-34-36-38-39-40-41-42-43-44-45-47-49-51-53-55-57-59-61-63-65-67-69-71-73-75-77-83(87)84-81(80-91-92(88,89)90-79-78-85(3,4)5)82(86)76-74-72-70-68-66-64-62-60-58-56-54-52-50-48-46-37-35-33-31-29-27-25-23-21-19-17-15-13-11-9-7-2/h18,20,24,26,30,32,81-82,86H,6-17,19,21-23,25,27-29,31,33-80H2,1-5H3,(H-,84,87,88,89)/b20-18-,26-24-,32-30-. The molecule has 0 aliphatic rings. The minimum absolute atomic E-state index is 0.0151. The van der Waals surface area contributed by atoms with E-state index in [2.05, 4.69) is 55.6 Å². The quantitative estimate of drug-likeness (QED) is 0.0272. The molecule has 0 aliphatic carbocycles. The van der Waals surface area contributed by atoms with Gasteiger partial charge in [0.05, 0.1) is 39.9 Å². The fraction of sp³-hybridized carbons (Fsp3) is 0.916. The van der Waals surface area contributed by atoms with Gasteiger partial charge in [0.15, 0.2) is 0 Å². The molecule has 0 aromatic heterocycles. The molecule has 0 spiro atoms. The zero-order chi connectivity index (χ0) is 66.9. The minimum Gasteiger partial charge on any atom is -0.756 e. The van der Waals surface area contributed by atoms with Crippen LogP contribution >= 0.6 is 7.82 Å². The number of unbranched alkanes of at least 4 members (excludes halogenated alkanes) is 59. The summed E-state index contributed by atoms with van der Waals surface area (Å²) in [5.74, 6) is -0.154. The van der Waals surface area contributed by atoms with Crippen LogP contribution in [-0.4, -0.2) is 68.5 Å². The van der Waals surface area contributed by atoms with Crippen molar-refractivity contribution in [1.82, 2.24) is 5.32 Å². The topological polar surface area (TPSA) is 108 Å². The Morgan fingerprint density at radius 3 is 0.913 bits per heavy atom. The Morgan fingerprint density at radius 2 is 0.630 bits per heavy atom. The maximum absolute atomic E-state index is 13.1. The first-order valence-corrected chi connectivity index (χ1v) is 42.8. The molecule has 92 heavy (non-hydrogen) atoms. The molecule has 8 nitrogen and oxygen atoms in total. The second-order valence-electron chi connectivity index (χ2n) is 29.8. The monoisotopic (exact) mass is 1320 g/mol. The molecule has 0 saturated heterocycles. The van der Waals surface area contributed by atoms with Crippen molar-refractivity contribution in [3.63, 3.8) is 0 Å². The van der Waals surface area contributed by atoms with Gasteiger partial charge in [-0.05, 0) is 51.4 Å². The van der Waals surface area contributed by atoms with Gasteiger partial charge in [-0.2, -0.15) is 0 Å². The third-order valence-electron chi connectivity index (χ3n) is 19.4. The van der Waals surface area contributed by atoms with Crippen LogP contribution < -0.4 is 10.2 Å². The molecule has 0 fully saturated rings. The molecule has 3 unspecified atom stereocenters. The SMILES string of the molecule is CCCCCCC/C=C\C/C=C\C/C=C\CCCCCCCCCCCCCCCCCCCCCCCCCCC(=O)NC(COP(=O)([O-])OCC[N+](C)(C)C)C(O)CCCCCCCCCCCCCCCCCCCCCCCCCCCCCCCCC. The third kappa shape index (κ3) is 76.1. The minimum atomic E-state index is -4.58. The molecule has 2 N–H and O–H groups in total. The molecule has 0 bridgehead atoms. The molecule has 0 aliphatic heterocycles. The fourth-order valence-corrected chi connectivity index (χ4v) is 13.7. The lowest BCUT2D eigenvalue weighted by atomic mass is 10.0. The van der Waals surface area contributed by atoms with Crippen LogP contribution in [0.1, 0.15) is 438 Å². The number of carbonyl (C=O) groups is 1. The first-order valence-electron chi connectivity index (χ1n) is 41.3. The summed E-state index contributed by atoms with van der Waals surface area (Å²) in [5.41, 5.74) is 0. The lowest BCUT2D eigenvalue weighted by Crippen LogP contribution is -2.46. The van der Waals surface area contributed by atoms with E-state index in [-0.39, 0.29) is 19.1 Å². The predicted molar refractivity (Wildman–Crippen MR) is 404 cm³/mol. The van der Waals surface area contributed by atoms with E-state index in [1.54, 1.807) is 0 Å². The van der Waals surface area contributed by atoms with Crippen molar-refractivity contribution in [2.75, 3.05) is 40.9 Å². The van der Waals surface area contributed by atoms with Gasteiger partial charge in [-0.15, -0.1) is 0 Å². The van der Waals surface area contributed by atoms with Crippen LogP contribution in [0.25, 0.3) is 0 Å². The molecule has 546 valence electrons. The first-order chi connectivity index (χ1) is 45.0. The summed E-state index contributed by atoms with van der Waals surface area (Å²) in [6.45, 7) is 4.78. The number of quaternary nitrogens is 1. The van der Waals surface area contributed by atoms with Crippen molar-refractivity contribution in [3.05, 3.63) is 36.5 Å². The average molecular weight is 1320 g/mol. The Morgan fingerprint density at radius 1 is 0.380 bits per heavy atom. The van der Waals surface area contributed by atoms with Crippen LogP contribution in [0, 0.1) is 0 Å². The van der Waals surface area contributed by atoms with Gasteiger partial charge < -0.3 is 28.8 Å². The lowest BCUT2D eigenvalue weighted by Gasteiger charge is -2.30. The fourth-order valence-electron chi connectivity index (χ4n) is 13.0. The average Bonchev–Trinajstić information content (AvgIpc) is 2.63. The van der Waals surface area contributed by atoms with Crippen molar-refractivity contribution >= 4 is 13.7 Å². The Labute approximate surface area is 576 Å². The molecule has 0 radical (unpaired) electrons. The summed E-state index contributed by atoms with van der Waals surface area (Å²) in [6, 6.07) is -0.801. The first kappa shape index (κ1) is 90.7. The van der Waals surface area contributed by atoms with Gasteiger partial charge in [-0.25, -0.2) is 0 Å². The summed E-state index contributed by atoms with van der Waals surface area (Å²) in [7, 11) is 1.33. The molecule has 0 aromatic rings. The van der Waals surface area contributed by atoms with Crippen LogP contribution in [0.2, 0.25) is 0 Å². The van der Waals surface area contributed by atoms with Crippen molar-refractivity contribution in [2.45, 2.75) is 450 Å². The molecule has 1 amide bonds. The van der Waals surface area contributed by atoms with Crippen molar-refractivity contribution < 1.29 is 32.9 Å². The smallest absolute Gasteiger partial charge is 0.268 e. The highest BCUT2D eigenvalue weighted by Gasteiger charge is 2.24. The van der Waals surface area contributed by atoms with Crippen LogP contribution in [0.5, 0.6) is 0 Å². The van der Waals surface area contributed by atoms with Crippen LogP contribution in [-0.2, 0) is 18.4 Å². The Hall–Kier alpha value is -1.28. The Balaban J connectivity index is 3.89. The number of carbonyl (C=O) groups excluding carboxylic acids is 1.